The van der Waals surface area contributed by atoms with E-state index in [9.17, 15) is 13.9 Å². The van der Waals surface area contributed by atoms with Gasteiger partial charge in [-0.1, -0.05) is 18.2 Å². The zero-order valence-corrected chi connectivity index (χ0v) is 11.0. The highest BCUT2D eigenvalue weighted by atomic mass is 19.3. The quantitative estimate of drug-likeness (QED) is 0.910. The van der Waals surface area contributed by atoms with E-state index < -0.39 is 12.5 Å². The van der Waals surface area contributed by atoms with Crippen molar-refractivity contribution in [1.82, 2.24) is 4.98 Å². The van der Waals surface area contributed by atoms with Gasteiger partial charge in [0.15, 0.2) is 0 Å². The van der Waals surface area contributed by atoms with Crippen LogP contribution in [0.25, 0.3) is 0 Å². The molecule has 1 unspecified atom stereocenters. The monoisotopic (exact) mass is 279 g/mol. The first-order valence-corrected chi connectivity index (χ1v) is 6.25. The minimum atomic E-state index is -2.56. The molecule has 0 radical (unpaired) electrons. The molecule has 20 heavy (non-hydrogen) atoms. The van der Waals surface area contributed by atoms with Gasteiger partial charge in [-0.05, 0) is 24.6 Å². The summed E-state index contributed by atoms with van der Waals surface area (Å²) in [4.78, 5) is 3.97. The van der Waals surface area contributed by atoms with Crippen molar-refractivity contribution in [1.29, 1.82) is 0 Å². The Hall–Kier alpha value is -2.01. The van der Waals surface area contributed by atoms with Crippen LogP contribution >= 0.6 is 0 Å². The molecular weight excluding hydrogens is 264 g/mol. The first-order chi connectivity index (χ1) is 9.61. The Labute approximate surface area is 115 Å². The first-order valence-electron chi connectivity index (χ1n) is 6.25. The second-order valence-corrected chi connectivity index (χ2v) is 4.26. The highest BCUT2D eigenvalue weighted by molar-refractivity contribution is 5.34. The number of halogens is 2. The molecule has 0 spiro atoms. The Kier molecular flexibility index (Phi) is 4.63. The lowest BCUT2D eigenvalue weighted by atomic mass is 10.0. The highest BCUT2D eigenvalue weighted by Crippen LogP contribution is 2.27. The van der Waals surface area contributed by atoms with Crippen molar-refractivity contribution in [2.24, 2.45) is 0 Å². The van der Waals surface area contributed by atoms with E-state index in [1.54, 1.807) is 12.1 Å². The average molecular weight is 279 g/mol. The summed E-state index contributed by atoms with van der Waals surface area (Å²) in [5, 5.41) is 10.3. The number of benzene rings is 1. The van der Waals surface area contributed by atoms with Gasteiger partial charge < -0.3 is 9.84 Å². The first kappa shape index (κ1) is 14.4. The van der Waals surface area contributed by atoms with Gasteiger partial charge in [0.05, 0.1) is 12.8 Å². The standard InChI is InChI=1S/C15H15F2NO2/c1-2-20-13-7-12(8-18-9-13)14(19)10-4-3-5-11(6-10)15(16)17/h3-9,14-15,19H,2H2,1H3. The van der Waals surface area contributed by atoms with Gasteiger partial charge >= 0.3 is 0 Å². The zero-order valence-electron chi connectivity index (χ0n) is 11.0. The number of pyridine rings is 1. The molecule has 1 N–H and O–H groups in total. The van der Waals surface area contributed by atoms with Crippen LogP contribution in [0, 0.1) is 0 Å². The number of aliphatic hydroxyl groups is 1. The van der Waals surface area contributed by atoms with Crippen LogP contribution in [0.2, 0.25) is 0 Å². The molecule has 0 fully saturated rings. The number of ether oxygens (including phenoxy) is 1. The molecule has 0 amide bonds. The number of alkyl halides is 2. The van der Waals surface area contributed by atoms with Crippen molar-refractivity contribution in [3.05, 3.63) is 59.4 Å². The van der Waals surface area contributed by atoms with Crippen molar-refractivity contribution >= 4 is 0 Å². The largest absolute Gasteiger partial charge is 0.492 e. The van der Waals surface area contributed by atoms with Gasteiger partial charge in [0.2, 0.25) is 0 Å². The summed E-state index contributed by atoms with van der Waals surface area (Å²) in [7, 11) is 0. The van der Waals surface area contributed by atoms with Gasteiger partial charge in [0.25, 0.3) is 6.43 Å². The summed E-state index contributed by atoms with van der Waals surface area (Å²) in [5.74, 6) is 0.536. The third-order valence-electron chi connectivity index (χ3n) is 2.84. The SMILES string of the molecule is CCOc1cncc(C(O)c2cccc(C(F)F)c2)c1. The molecule has 0 bridgehead atoms. The van der Waals surface area contributed by atoms with Crippen LogP contribution in [-0.4, -0.2) is 16.7 Å². The van der Waals surface area contributed by atoms with Gasteiger partial charge in [-0.15, -0.1) is 0 Å². The van der Waals surface area contributed by atoms with Crippen LogP contribution < -0.4 is 4.74 Å². The van der Waals surface area contributed by atoms with Crippen molar-refractivity contribution in [3.8, 4) is 5.75 Å². The van der Waals surface area contributed by atoms with Crippen molar-refractivity contribution in [2.75, 3.05) is 6.61 Å². The number of aliphatic hydroxyl groups excluding tert-OH is 1. The van der Waals surface area contributed by atoms with E-state index >= 15 is 0 Å². The maximum Gasteiger partial charge on any atom is 0.263 e. The fourth-order valence-electron chi connectivity index (χ4n) is 1.89. The van der Waals surface area contributed by atoms with Crippen LogP contribution in [0.3, 0.4) is 0 Å². The Morgan fingerprint density at radius 1 is 1.15 bits per heavy atom. The lowest BCUT2D eigenvalue weighted by Gasteiger charge is -2.13. The van der Waals surface area contributed by atoms with E-state index in [2.05, 4.69) is 4.98 Å². The van der Waals surface area contributed by atoms with Gasteiger partial charge in [0.1, 0.15) is 11.9 Å². The predicted octanol–water partition coefficient (Wildman–Crippen LogP) is 3.50. The molecule has 1 aromatic heterocycles. The molecule has 3 nitrogen and oxygen atoms in total. The fraction of sp³-hybridized carbons (Fsp3) is 0.267. The van der Waals surface area contributed by atoms with E-state index in [4.69, 9.17) is 4.74 Å². The molecule has 2 rings (SSSR count). The van der Waals surface area contributed by atoms with E-state index in [-0.39, 0.29) is 5.56 Å². The van der Waals surface area contributed by atoms with Crippen LogP contribution in [0.15, 0.2) is 42.7 Å². The molecule has 106 valence electrons. The Balaban J connectivity index is 2.28. The summed E-state index contributed by atoms with van der Waals surface area (Å²) in [6, 6.07) is 7.37. The van der Waals surface area contributed by atoms with E-state index in [0.717, 1.165) is 0 Å². The third kappa shape index (κ3) is 3.30. The second kappa shape index (κ2) is 6.43. The van der Waals surface area contributed by atoms with Crippen LogP contribution in [0.4, 0.5) is 8.78 Å². The van der Waals surface area contributed by atoms with Crippen LogP contribution in [0.1, 0.15) is 36.1 Å². The number of nitrogens with zero attached hydrogens (tertiary/aromatic N) is 1. The smallest absolute Gasteiger partial charge is 0.263 e. The lowest BCUT2D eigenvalue weighted by molar-refractivity contribution is 0.150. The molecule has 0 aliphatic rings. The maximum atomic E-state index is 12.7. The topological polar surface area (TPSA) is 42.4 Å². The minimum Gasteiger partial charge on any atom is -0.492 e. The zero-order chi connectivity index (χ0) is 14.5. The molecule has 0 saturated carbocycles. The normalized spacial score (nSPS) is 12.4. The molecule has 0 aliphatic carbocycles. The van der Waals surface area contributed by atoms with Crippen molar-refractivity contribution < 1.29 is 18.6 Å². The number of hydrogen-bond acceptors (Lipinski definition) is 3. The molecule has 1 aromatic carbocycles. The summed E-state index contributed by atoms with van der Waals surface area (Å²) in [6.07, 6.45) is -0.547. The molecular formula is C15H15F2NO2. The molecule has 1 atom stereocenters. The summed E-state index contributed by atoms with van der Waals surface area (Å²) in [5.41, 5.74) is 0.788. The number of rotatable bonds is 5. The molecule has 5 heteroatoms. The Bertz CT molecular complexity index is 575. The van der Waals surface area contributed by atoms with Gasteiger partial charge in [0, 0.05) is 17.3 Å². The number of hydrogen-bond donors (Lipinski definition) is 1. The van der Waals surface area contributed by atoms with Gasteiger partial charge in [-0.25, -0.2) is 8.78 Å². The minimum absolute atomic E-state index is 0.115. The third-order valence-corrected chi connectivity index (χ3v) is 2.84. The fourth-order valence-corrected chi connectivity index (χ4v) is 1.89. The summed E-state index contributed by atoms with van der Waals surface area (Å²) in [6.45, 7) is 2.33. The van der Waals surface area contributed by atoms with Gasteiger partial charge in [-0.3, -0.25) is 4.98 Å². The van der Waals surface area contributed by atoms with Crippen LogP contribution in [-0.2, 0) is 0 Å². The Morgan fingerprint density at radius 3 is 2.60 bits per heavy atom. The highest BCUT2D eigenvalue weighted by Gasteiger charge is 2.14. The summed E-state index contributed by atoms with van der Waals surface area (Å²) < 4.78 is 30.6. The maximum absolute atomic E-state index is 12.7. The Morgan fingerprint density at radius 2 is 1.90 bits per heavy atom. The van der Waals surface area contributed by atoms with Gasteiger partial charge in [-0.2, -0.15) is 0 Å². The molecule has 1 heterocycles. The number of aromatic nitrogens is 1. The average Bonchev–Trinajstić information content (AvgIpc) is 2.47. The predicted molar refractivity (Wildman–Crippen MR) is 70.9 cm³/mol. The molecule has 2 aromatic rings. The van der Waals surface area contributed by atoms with Crippen molar-refractivity contribution in [3.63, 3.8) is 0 Å². The van der Waals surface area contributed by atoms with E-state index in [1.807, 2.05) is 6.92 Å². The van der Waals surface area contributed by atoms with E-state index in [1.165, 1.54) is 30.6 Å². The lowest BCUT2D eigenvalue weighted by Crippen LogP contribution is -2.02. The molecule has 0 saturated heterocycles. The molecule has 0 aliphatic heterocycles. The van der Waals surface area contributed by atoms with Crippen molar-refractivity contribution in [2.45, 2.75) is 19.5 Å². The summed E-state index contributed by atoms with van der Waals surface area (Å²) >= 11 is 0. The second-order valence-electron chi connectivity index (χ2n) is 4.26. The van der Waals surface area contributed by atoms with Crippen LogP contribution in [0.5, 0.6) is 5.75 Å². The van der Waals surface area contributed by atoms with E-state index in [0.29, 0.717) is 23.5 Å².